The van der Waals surface area contributed by atoms with Gasteiger partial charge in [-0.15, -0.1) is 0 Å². The van der Waals surface area contributed by atoms with Gasteiger partial charge in [0.25, 0.3) is 0 Å². The van der Waals surface area contributed by atoms with Gasteiger partial charge in [-0.05, 0) is 38.5 Å². The van der Waals surface area contributed by atoms with Gasteiger partial charge in [0, 0.05) is 44.0 Å². The Morgan fingerprint density at radius 2 is 1.87 bits per heavy atom. The van der Waals surface area contributed by atoms with Crippen molar-refractivity contribution in [1.82, 2.24) is 19.8 Å². The molecule has 1 saturated carbocycles. The van der Waals surface area contributed by atoms with E-state index in [1.807, 2.05) is 39.5 Å². The molecule has 0 spiro atoms. The van der Waals surface area contributed by atoms with Gasteiger partial charge in [-0.2, -0.15) is 0 Å². The summed E-state index contributed by atoms with van der Waals surface area (Å²) in [5, 5.41) is 14.3. The van der Waals surface area contributed by atoms with Crippen molar-refractivity contribution >= 4 is 5.91 Å². The molecule has 7 nitrogen and oxygen atoms in total. The molecule has 1 saturated heterocycles. The molecule has 0 aromatic carbocycles. The predicted octanol–water partition coefficient (Wildman–Crippen LogP) is 2.96. The zero-order valence-corrected chi connectivity index (χ0v) is 18.9. The Morgan fingerprint density at radius 3 is 2.47 bits per heavy atom. The summed E-state index contributed by atoms with van der Waals surface area (Å²) in [4.78, 5) is 18.7. The van der Waals surface area contributed by atoms with E-state index >= 15 is 0 Å². The standard InChI is InChI=1S/C23H40N4O3/c1-17(2)22(28)25-21(18(3)30-15-19-7-5-4-6-8-19)23(29)26-12-9-20(10-13-26)27-14-11-24-16-27/h11,14,16-21,23,29H,4-10,12-13,15H2,1-3H3,(H,25,28). The minimum Gasteiger partial charge on any atom is -0.376 e. The highest BCUT2D eigenvalue weighted by atomic mass is 16.5. The van der Waals surface area contributed by atoms with E-state index in [1.165, 1.54) is 32.1 Å². The maximum absolute atomic E-state index is 12.5. The fourth-order valence-corrected chi connectivity index (χ4v) is 4.67. The summed E-state index contributed by atoms with van der Waals surface area (Å²) in [5.41, 5.74) is 0. The number of hydrogen-bond donors (Lipinski definition) is 2. The second-order valence-corrected chi connectivity index (χ2v) is 9.42. The van der Waals surface area contributed by atoms with Crippen LogP contribution in [-0.4, -0.2) is 63.5 Å². The molecule has 2 N–H and O–H groups in total. The smallest absolute Gasteiger partial charge is 0.222 e. The topological polar surface area (TPSA) is 79.6 Å². The third-order valence-corrected chi connectivity index (χ3v) is 6.80. The summed E-state index contributed by atoms with van der Waals surface area (Å²) >= 11 is 0. The van der Waals surface area contributed by atoms with Crippen LogP contribution in [0.5, 0.6) is 0 Å². The molecule has 0 radical (unpaired) electrons. The predicted molar refractivity (Wildman–Crippen MR) is 117 cm³/mol. The molecule has 1 aromatic heterocycles. The molecule has 3 atom stereocenters. The Bertz CT molecular complexity index is 622. The van der Waals surface area contributed by atoms with E-state index < -0.39 is 12.3 Å². The molecule has 2 aliphatic rings. The van der Waals surface area contributed by atoms with E-state index in [9.17, 15) is 9.90 Å². The third-order valence-electron chi connectivity index (χ3n) is 6.80. The van der Waals surface area contributed by atoms with E-state index in [-0.39, 0.29) is 17.9 Å². The van der Waals surface area contributed by atoms with Crippen LogP contribution in [0.1, 0.15) is 71.8 Å². The van der Waals surface area contributed by atoms with Crippen LogP contribution in [0.15, 0.2) is 18.7 Å². The van der Waals surface area contributed by atoms with Gasteiger partial charge in [-0.1, -0.05) is 33.1 Å². The van der Waals surface area contributed by atoms with Crippen LogP contribution in [0, 0.1) is 11.8 Å². The van der Waals surface area contributed by atoms with Crippen LogP contribution in [-0.2, 0) is 9.53 Å². The Hall–Kier alpha value is -1.44. The molecule has 170 valence electrons. The number of imidazole rings is 1. The monoisotopic (exact) mass is 420 g/mol. The number of carbonyl (C=O) groups excluding carboxylic acids is 1. The number of likely N-dealkylation sites (tertiary alicyclic amines) is 1. The van der Waals surface area contributed by atoms with Gasteiger partial charge in [0.1, 0.15) is 6.23 Å². The Labute approximate surface area is 181 Å². The van der Waals surface area contributed by atoms with Crippen LogP contribution >= 0.6 is 0 Å². The van der Waals surface area contributed by atoms with Crippen LogP contribution < -0.4 is 5.32 Å². The Kier molecular flexibility index (Phi) is 8.72. The summed E-state index contributed by atoms with van der Waals surface area (Å²) in [7, 11) is 0. The number of aliphatic hydroxyl groups is 1. The van der Waals surface area contributed by atoms with Crippen LogP contribution in [0.25, 0.3) is 0 Å². The van der Waals surface area contributed by atoms with Gasteiger partial charge in [-0.3, -0.25) is 9.69 Å². The fourth-order valence-electron chi connectivity index (χ4n) is 4.67. The number of aliphatic hydroxyl groups excluding tert-OH is 1. The lowest BCUT2D eigenvalue weighted by Crippen LogP contribution is -2.59. The fraction of sp³-hybridized carbons (Fsp3) is 0.826. The van der Waals surface area contributed by atoms with Crippen molar-refractivity contribution in [3.63, 3.8) is 0 Å². The van der Waals surface area contributed by atoms with Crippen molar-refractivity contribution in [2.75, 3.05) is 19.7 Å². The lowest BCUT2D eigenvalue weighted by Gasteiger charge is -2.40. The molecule has 7 heteroatoms. The lowest BCUT2D eigenvalue weighted by atomic mass is 9.90. The van der Waals surface area contributed by atoms with E-state index in [1.54, 1.807) is 0 Å². The number of rotatable bonds is 9. The first kappa shape index (κ1) is 23.2. The highest BCUT2D eigenvalue weighted by molar-refractivity contribution is 5.78. The van der Waals surface area contributed by atoms with E-state index in [0.29, 0.717) is 18.6 Å². The van der Waals surface area contributed by atoms with Crippen molar-refractivity contribution in [3.8, 4) is 0 Å². The Balaban J connectivity index is 1.58. The molecule has 1 amide bonds. The molecule has 1 aliphatic heterocycles. The van der Waals surface area contributed by atoms with Gasteiger partial charge >= 0.3 is 0 Å². The van der Waals surface area contributed by atoms with Crippen molar-refractivity contribution in [1.29, 1.82) is 0 Å². The van der Waals surface area contributed by atoms with E-state index in [2.05, 4.69) is 19.8 Å². The molecule has 2 heterocycles. The van der Waals surface area contributed by atoms with Crippen LogP contribution in [0.3, 0.4) is 0 Å². The molecule has 0 bridgehead atoms. The average Bonchev–Trinajstić information content (AvgIpc) is 3.31. The number of piperidine rings is 1. The second kappa shape index (κ2) is 11.3. The summed E-state index contributed by atoms with van der Waals surface area (Å²) in [6.07, 6.45) is 12.9. The minimum atomic E-state index is -0.752. The number of amides is 1. The van der Waals surface area contributed by atoms with Gasteiger partial charge in [0.2, 0.25) is 5.91 Å². The molecule has 3 unspecified atom stereocenters. The van der Waals surface area contributed by atoms with Crippen molar-refractivity contribution in [3.05, 3.63) is 18.7 Å². The summed E-state index contributed by atoms with van der Waals surface area (Å²) < 4.78 is 8.35. The first-order chi connectivity index (χ1) is 14.5. The molecule has 30 heavy (non-hydrogen) atoms. The summed E-state index contributed by atoms with van der Waals surface area (Å²) in [6.45, 7) is 8.02. The molecule has 2 fully saturated rings. The number of hydrogen-bond acceptors (Lipinski definition) is 5. The number of aromatic nitrogens is 2. The summed E-state index contributed by atoms with van der Waals surface area (Å²) in [5.74, 6) is 0.434. The number of nitrogens with one attached hydrogen (secondary N) is 1. The third kappa shape index (κ3) is 6.28. The van der Waals surface area contributed by atoms with E-state index in [0.717, 1.165) is 25.9 Å². The molecular weight excluding hydrogens is 380 g/mol. The van der Waals surface area contributed by atoms with Crippen molar-refractivity contribution in [2.24, 2.45) is 11.8 Å². The molecule has 1 aromatic rings. The van der Waals surface area contributed by atoms with Gasteiger partial charge in [-0.25, -0.2) is 4.98 Å². The van der Waals surface area contributed by atoms with Crippen LogP contribution in [0.2, 0.25) is 0 Å². The van der Waals surface area contributed by atoms with Gasteiger partial charge < -0.3 is 19.7 Å². The quantitative estimate of drug-likeness (QED) is 0.642. The number of nitrogens with zero attached hydrogens (tertiary/aromatic N) is 3. The van der Waals surface area contributed by atoms with Gasteiger partial charge in [0.15, 0.2) is 0 Å². The zero-order chi connectivity index (χ0) is 21.5. The second-order valence-electron chi connectivity index (χ2n) is 9.42. The maximum Gasteiger partial charge on any atom is 0.222 e. The molecular formula is C23H40N4O3. The maximum atomic E-state index is 12.5. The van der Waals surface area contributed by atoms with E-state index in [4.69, 9.17) is 4.74 Å². The first-order valence-corrected chi connectivity index (χ1v) is 11.8. The SMILES string of the molecule is CC(C)C(=O)NC(C(C)OCC1CCCCC1)C(O)N1CCC(n2ccnc2)CC1. The zero-order valence-electron chi connectivity index (χ0n) is 18.9. The Morgan fingerprint density at radius 1 is 1.17 bits per heavy atom. The summed E-state index contributed by atoms with van der Waals surface area (Å²) in [6, 6.07) is -0.0204. The van der Waals surface area contributed by atoms with Crippen LogP contribution in [0.4, 0.5) is 0 Å². The minimum absolute atomic E-state index is 0.0412. The van der Waals surface area contributed by atoms with Gasteiger partial charge in [0.05, 0.1) is 18.5 Å². The largest absolute Gasteiger partial charge is 0.376 e. The highest BCUT2D eigenvalue weighted by Crippen LogP contribution is 2.26. The number of ether oxygens (including phenoxy) is 1. The molecule has 3 rings (SSSR count). The highest BCUT2D eigenvalue weighted by Gasteiger charge is 2.35. The number of carbonyl (C=O) groups is 1. The van der Waals surface area contributed by atoms with Crippen molar-refractivity contribution < 1.29 is 14.6 Å². The normalized spacial score (nSPS) is 22.7. The average molecular weight is 421 g/mol. The lowest BCUT2D eigenvalue weighted by molar-refractivity contribution is -0.132. The first-order valence-electron chi connectivity index (χ1n) is 11.8. The molecule has 1 aliphatic carbocycles. The van der Waals surface area contributed by atoms with Crippen molar-refractivity contribution in [2.45, 2.75) is 90.1 Å².